The third kappa shape index (κ3) is 6.59. The maximum absolute atomic E-state index is 12.5. The number of aromatic amines is 1. The van der Waals surface area contributed by atoms with Gasteiger partial charge in [0.2, 0.25) is 17.0 Å². The summed E-state index contributed by atoms with van der Waals surface area (Å²) < 4.78 is 38.6. The second kappa shape index (κ2) is 9.76. The number of hydrogen-bond acceptors (Lipinski definition) is 6. The van der Waals surface area contributed by atoms with E-state index in [0.29, 0.717) is 11.1 Å². The number of aromatic nitrogens is 3. The molecule has 7 nitrogen and oxygen atoms in total. The normalized spacial score (nSPS) is 11.6. The van der Waals surface area contributed by atoms with E-state index in [1.807, 2.05) is 24.3 Å². The highest BCUT2D eigenvalue weighted by Gasteiger charge is 2.29. The molecule has 0 saturated carbocycles. The van der Waals surface area contributed by atoms with Gasteiger partial charge in [0.1, 0.15) is 0 Å². The second-order valence-electron chi connectivity index (χ2n) is 5.80. The first-order valence-electron chi connectivity index (χ1n) is 8.36. The molecule has 1 heterocycles. The lowest BCUT2D eigenvalue weighted by molar-refractivity contribution is -0.137. The van der Waals surface area contributed by atoms with Crippen molar-refractivity contribution in [3.63, 3.8) is 0 Å². The largest absolute Gasteiger partial charge is 0.416 e. The van der Waals surface area contributed by atoms with Gasteiger partial charge in [0, 0.05) is 10.2 Å². The molecule has 3 rings (SSSR count). The molecule has 12 heteroatoms. The van der Waals surface area contributed by atoms with Crippen molar-refractivity contribution in [2.45, 2.75) is 11.3 Å². The number of alkyl halides is 3. The molecule has 3 aromatic rings. The Labute approximate surface area is 181 Å². The summed E-state index contributed by atoms with van der Waals surface area (Å²) in [7, 11) is 0. The quantitative estimate of drug-likeness (QED) is 0.248. The van der Waals surface area contributed by atoms with Crippen molar-refractivity contribution < 1.29 is 18.0 Å². The maximum Gasteiger partial charge on any atom is 0.416 e. The monoisotopic (exact) mass is 498 g/mol. The van der Waals surface area contributed by atoms with E-state index in [0.717, 1.165) is 33.9 Å². The fourth-order valence-electron chi connectivity index (χ4n) is 2.19. The van der Waals surface area contributed by atoms with Crippen LogP contribution >= 0.6 is 27.7 Å². The average Bonchev–Trinajstić information content (AvgIpc) is 3.14. The van der Waals surface area contributed by atoms with Gasteiger partial charge in [-0.2, -0.15) is 23.3 Å². The molecule has 0 unspecified atom stereocenters. The lowest BCUT2D eigenvalue weighted by atomic mass is 10.2. The number of hydrazone groups is 1. The van der Waals surface area contributed by atoms with Crippen LogP contribution in [0, 0.1) is 0 Å². The van der Waals surface area contributed by atoms with Crippen LogP contribution in [0.5, 0.6) is 0 Å². The standard InChI is InChI=1S/C18H14BrF3N6OS/c19-13-3-1-2-11(8-13)9-23-26-16-25-17(28-27-16)30-10-15(29)24-14-6-4-12(5-7-14)18(20,21)22/h1-9H,10H2,(H,24,29)(H2,25,26,27,28)/b23-9-. The molecule has 1 aromatic heterocycles. The Morgan fingerprint density at radius 2 is 2.00 bits per heavy atom. The Bertz CT molecular complexity index is 1040. The minimum Gasteiger partial charge on any atom is -0.325 e. The number of amides is 1. The number of benzene rings is 2. The van der Waals surface area contributed by atoms with E-state index in [-0.39, 0.29) is 11.4 Å². The Morgan fingerprint density at radius 3 is 2.70 bits per heavy atom. The van der Waals surface area contributed by atoms with Crippen LogP contribution in [0.3, 0.4) is 0 Å². The summed E-state index contributed by atoms with van der Waals surface area (Å²) in [5.74, 6) is -0.113. The predicted octanol–water partition coefficient (Wildman–Crippen LogP) is 4.76. The SMILES string of the molecule is O=C(CSc1n[nH]c(N/N=C\c2cccc(Br)c2)n1)Nc1ccc(C(F)(F)F)cc1. The molecule has 0 spiro atoms. The highest BCUT2D eigenvalue weighted by atomic mass is 79.9. The summed E-state index contributed by atoms with van der Waals surface area (Å²) in [4.78, 5) is 16.1. The maximum atomic E-state index is 12.5. The number of nitrogens with zero attached hydrogens (tertiary/aromatic N) is 3. The Morgan fingerprint density at radius 1 is 1.23 bits per heavy atom. The molecule has 0 atom stereocenters. The summed E-state index contributed by atoms with van der Waals surface area (Å²) in [5, 5.41) is 13.5. The number of halogens is 4. The highest BCUT2D eigenvalue weighted by Crippen LogP contribution is 2.29. The van der Waals surface area contributed by atoms with Gasteiger partial charge in [-0.15, -0.1) is 5.10 Å². The van der Waals surface area contributed by atoms with Gasteiger partial charge in [-0.05, 0) is 42.0 Å². The molecule has 3 N–H and O–H groups in total. The van der Waals surface area contributed by atoms with Crippen LogP contribution in [0.15, 0.2) is 63.3 Å². The molecule has 2 aromatic carbocycles. The molecule has 0 radical (unpaired) electrons. The smallest absolute Gasteiger partial charge is 0.325 e. The van der Waals surface area contributed by atoms with Crippen LogP contribution in [0.25, 0.3) is 0 Å². The molecule has 0 fully saturated rings. The van der Waals surface area contributed by atoms with Gasteiger partial charge in [-0.1, -0.05) is 39.8 Å². The zero-order valence-electron chi connectivity index (χ0n) is 15.1. The molecule has 0 aliphatic rings. The van der Waals surface area contributed by atoms with Crippen LogP contribution < -0.4 is 10.7 Å². The van der Waals surface area contributed by atoms with Gasteiger partial charge in [0.15, 0.2) is 0 Å². The van der Waals surface area contributed by atoms with E-state index in [1.54, 1.807) is 6.21 Å². The third-order valence-corrected chi connectivity index (χ3v) is 4.87. The number of carbonyl (C=O) groups excluding carboxylic acids is 1. The van der Waals surface area contributed by atoms with Gasteiger partial charge in [0.05, 0.1) is 17.5 Å². The Balaban J connectivity index is 1.46. The van der Waals surface area contributed by atoms with Crippen molar-refractivity contribution in [2.24, 2.45) is 5.10 Å². The van der Waals surface area contributed by atoms with Crippen LogP contribution in [-0.2, 0) is 11.0 Å². The van der Waals surface area contributed by atoms with Gasteiger partial charge in [-0.25, -0.2) is 10.5 Å². The van der Waals surface area contributed by atoms with E-state index in [9.17, 15) is 18.0 Å². The zero-order chi connectivity index (χ0) is 21.6. The zero-order valence-corrected chi connectivity index (χ0v) is 17.5. The van der Waals surface area contributed by atoms with E-state index >= 15 is 0 Å². The topological polar surface area (TPSA) is 95.1 Å². The summed E-state index contributed by atoms with van der Waals surface area (Å²) >= 11 is 4.44. The molecule has 0 bridgehead atoms. The second-order valence-corrected chi connectivity index (χ2v) is 7.66. The van der Waals surface area contributed by atoms with Gasteiger partial charge in [0.25, 0.3) is 0 Å². The van der Waals surface area contributed by atoms with E-state index < -0.39 is 17.6 Å². The fourth-order valence-corrected chi connectivity index (χ4v) is 3.20. The number of rotatable bonds is 7. The van der Waals surface area contributed by atoms with Crippen LogP contribution in [0.1, 0.15) is 11.1 Å². The summed E-state index contributed by atoms with van der Waals surface area (Å²) in [6, 6.07) is 11.8. The van der Waals surface area contributed by atoms with Crippen molar-refractivity contribution in [3.8, 4) is 0 Å². The fraction of sp³-hybridized carbons (Fsp3) is 0.111. The number of hydrogen-bond donors (Lipinski definition) is 3. The van der Waals surface area contributed by atoms with Crippen LogP contribution in [0.4, 0.5) is 24.8 Å². The number of thioether (sulfide) groups is 1. The first-order chi connectivity index (χ1) is 14.3. The van der Waals surface area contributed by atoms with E-state index in [4.69, 9.17) is 0 Å². The number of H-pyrrole nitrogens is 1. The number of nitrogens with one attached hydrogen (secondary N) is 3. The Hall–Kier alpha value is -2.86. The van der Waals surface area contributed by atoms with E-state index in [1.165, 1.54) is 12.1 Å². The highest BCUT2D eigenvalue weighted by molar-refractivity contribution is 9.10. The Kier molecular flexibility index (Phi) is 7.11. The number of carbonyl (C=O) groups is 1. The minimum atomic E-state index is -4.42. The first-order valence-corrected chi connectivity index (χ1v) is 10.1. The molecule has 156 valence electrons. The minimum absolute atomic E-state index is 0.0143. The van der Waals surface area contributed by atoms with Crippen molar-refractivity contribution in [1.82, 2.24) is 15.2 Å². The van der Waals surface area contributed by atoms with Crippen molar-refractivity contribution in [2.75, 3.05) is 16.5 Å². The van der Waals surface area contributed by atoms with Gasteiger partial charge >= 0.3 is 6.18 Å². The molecule has 0 saturated heterocycles. The van der Waals surface area contributed by atoms with Crippen molar-refractivity contribution in [1.29, 1.82) is 0 Å². The lowest BCUT2D eigenvalue weighted by Crippen LogP contribution is -2.14. The van der Waals surface area contributed by atoms with E-state index in [2.05, 4.69) is 47.0 Å². The van der Waals surface area contributed by atoms with Crippen molar-refractivity contribution in [3.05, 3.63) is 64.1 Å². The van der Waals surface area contributed by atoms with Crippen LogP contribution in [0.2, 0.25) is 0 Å². The number of anilines is 2. The van der Waals surface area contributed by atoms with Gasteiger partial charge < -0.3 is 5.32 Å². The molecular formula is C18H14BrF3N6OS. The predicted molar refractivity (Wildman–Crippen MR) is 113 cm³/mol. The molecule has 1 amide bonds. The summed E-state index contributed by atoms with van der Waals surface area (Å²) in [5.41, 5.74) is 3.07. The first kappa shape index (κ1) is 21.8. The molecule has 30 heavy (non-hydrogen) atoms. The summed E-state index contributed by atoms with van der Waals surface area (Å²) in [6.07, 6.45) is -2.81. The third-order valence-electron chi connectivity index (χ3n) is 3.53. The van der Waals surface area contributed by atoms with Gasteiger partial charge in [-0.3, -0.25) is 4.79 Å². The van der Waals surface area contributed by atoms with Crippen LogP contribution in [-0.4, -0.2) is 33.1 Å². The average molecular weight is 499 g/mol. The molecular weight excluding hydrogens is 485 g/mol. The lowest BCUT2D eigenvalue weighted by Gasteiger charge is -2.08. The molecule has 0 aliphatic heterocycles. The van der Waals surface area contributed by atoms with Crippen molar-refractivity contribution >= 4 is 51.4 Å². The molecule has 0 aliphatic carbocycles. The summed E-state index contributed by atoms with van der Waals surface area (Å²) in [6.45, 7) is 0.